The Bertz CT molecular complexity index is 1120. The molecule has 3 aliphatic carbocycles. The second-order valence-electron chi connectivity index (χ2n) is 8.42. The van der Waals surface area contributed by atoms with Crippen molar-refractivity contribution in [3.05, 3.63) is 51.7 Å². The number of primary amides is 1. The van der Waals surface area contributed by atoms with Gasteiger partial charge >= 0.3 is 0 Å². The molecule has 0 spiro atoms. The lowest BCUT2D eigenvalue weighted by Crippen LogP contribution is -2.63. The standard InChI is InChI=1S/C21H21FN2O7/c1-24(2)15-10-5-8-3-7-4-9(22)6-11(25)12(7)16(26)13(8)18(28)21(10,31)19(29)14(17(15)27)20(23)30/h4,6,8,10,15,25,27-28,31H,3,5H2,1-2H3,(H2,23,30)/t8-,10-,15-,21-/m0/s1. The third-order valence-corrected chi connectivity index (χ3v) is 6.49. The van der Waals surface area contributed by atoms with Crippen molar-refractivity contribution < 1.29 is 39.2 Å². The highest BCUT2D eigenvalue weighted by Crippen LogP contribution is 2.52. The van der Waals surface area contributed by atoms with Crippen molar-refractivity contribution in [3.63, 3.8) is 0 Å². The molecular formula is C21H21FN2O7. The number of amides is 1. The van der Waals surface area contributed by atoms with Gasteiger partial charge < -0.3 is 26.2 Å². The summed E-state index contributed by atoms with van der Waals surface area (Å²) in [5, 5.41) is 43.1. The Labute approximate surface area is 175 Å². The molecule has 1 aromatic carbocycles. The van der Waals surface area contributed by atoms with Gasteiger partial charge in [-0.3, -0.25) is 19.3 Å². The number of rotatable bonds is 2. The van der Waals surface area contributed by atoms with Gasteiger partial charge in [0.2, 0.25) is 5.78 Å². The zero-order valence-corrected chi connectivity index (χ0v) is 16.7. The van der Waals surface area contributed by atoms with E-state index in [0.717, 1.165) is 12.1 Å². The number of Topliss-reactive ketones (excluding diaryl/α,β-unsaturated/α-hetero) is 2. The average Bonchev–Trinajstić information content (AvgIpc) is 2.63. The number of nitrogens with two attached hydrogens (primary N) is 1. The number of ketones is 2. The summed E-state index contributed by atoms with van der Waals surface area (Å²) in [6.07, 6.45) is 0.0168. The first-order chi connectivity index (χ1) is 14.4. The summed E-state index contributed by atoms with van der Waals surface area (Å²) in [5.74, 6) is -8.20. The summed E-state index contributed by atoms with van der Waals surface area (Å²) in [7, 11) is 3.08. The third kappa shape index (κ3) is 2.64. The number of benzene rings is 1. The number of aliphatic hydroxyl groups is 3. The second kappa shape index (κ2) is 6.63. The molecule has 6 N–H and O–H groups in total. The van der Waals surface area contributed by atoms with Crippen LogP contribution in [0.2, 0.25) is 0 Å². The first kappa shape index (κ1) is 21.0. The van der Waals surface area contributed by atoms with Crippen molar-refractivity contribution in [1.82, 2.24) is 4.90 Å². The molecule has 0 aromatic heterocycles. The zero-order valence-electron chi connectivity index (χ0n) is 16.7. The molecule has 0 bridgehead atoms. The molecular weight excluding hydrogens is 411 g/mol. The van der Waals surface area contributed by atoms with E-state index in [1.165, 1.54) is 4.90 Å². The maximum Gasteiger partial charge on any atom is 0.255 e. The van der Waals surface area contributed by atoms with Crippen LogP contribution in [-0.2, 0) is 16.0 Å². The number of nitrogens with zero attached hydrogens (tertiary/aromatic N) is 1. The van der Waals surface area contributed by atoms with Crippen molar-refractivity contribution in [3.8, 4) is 5.75 Å². The maximum absolute atomic E-state index is 13.8. The molecule has 10 heteroatoms. The highest BCUT2D eigenvalue weighted by atomic mass is 19.1. The fraction of sp³-hybridized carbons (Fsp3) is 0.381. The minimum absolute atomic E-state index is 0.0387. The lowest BCUT2D eigenvalue weighted by molar-refractivity contribution is -0.148. The van der Waals surface area contributed by atoms with Crippen LogP contribution in [-0.4, -0.2) is 68.5 Å². The summed E-state index contributed by atoms with van der Waals surface area (Å²) in [4.78, 5) is 39.5. The van der Waals surface area contributed by atoms with Gasteiger partial charge in [-0.15, -0.1) is 0 Å². The number of aliphatic hydroxyl groups excluding tert-OH is 2. The molecule has 164 valence electrons. The topological polar surface area (TPSA) is 161 Å². The van der Waals surface area contributed by atoms with E-state index in [0.29, 0.717) is 0 Å². The van der Waals surface area contributed by atoms with Gasteiger partial charge in [-0.25, -0.2) is 4.39 Å². The molecule has 1 aromatic rings. The van der Waals surface area contributed by atoms with Crippen LogP contribution in [0.15, 0.2) is 34.8 Å². The van der Waals surface area contributed by atoms with Gasteiger partial charge in [0.15, 0.2) is 11.4 Å². The van der Waals surface area contributed by atoms with Crippen molar-refractivity contribution in [2.24, 2.45) is 17.6 Å². The van der Waals surface area contributed by atoms with Crippen LogP contribution in [0.5, 0.6) is 5.75 Å². The molecule has 9 nitrogen and oxygen atoms in total. The molecule has 0 unspecified atom stereocenters. The Balaban J connectivity index is 1.97. The van der Waals surface area contributed by atoms with Gasteiger partial charge in [-0.05, 0) is 44.5 Å². The van der Waals surface area contributed by atoms with E-state index < -0.39 is 69.6 Å². The third-order valence-electron chi connectivity index (χ3n) is 6.49. The van der Waals surface area contributed by atoms with Gasteiger partial charge in [0.1, 0.15) is 28.7 Å². The molecule has 0 radical (unpaired) electrons. The highest BCUT2D eigenvalue weighted by molar-refractivity contribution is 6.24. The SMILES string of the molecule is CN(C)[C@@H]1C(O)=C(C(N)=O)C(=O)[C@@]2(O)C(O)=C3C(=O)c4c(O)cc(F)cc4C[C@H]3C[C@@H]12. The lowest BCUT2D eigenvalue weighted by atomic mass is 9.58. The number of hydrogen-bond acceptors (Lipinski definition) is 8. The predicted octanol–water partition coefficient (Wildman–Crippen LogP) is 0.260. The number of phenols is 1. The number of phenolic OH excluding ortho intramolecular Hbond substituents is 1. The first-order valence-electron chi connectivity index (χ1n) is 9.57. The molecule has 0 saturated carbocycles. The number of aromatic hydroxyl groups is 1. The molecule has 0 heterocycles. The van der Waals surface area contributed by atoms with Crippen LogP contribution in [0.4, 0.5) is 4.39 Å². The molecule has 0 fully saturated rings. The Hall–Kier alpha value is -3.24. The van der Waals surface area contributed by atoms with Crippen molar-refractivity contribution >= 4 is 17.5 Å². The predicted molar refractivity (Wildman–Crippen MR) is 104 cm³/mol. The number of hydrogen-bond donors (Lipinski definition) is 5. The lowest BCUT2D eigenvalue weighted by Gasteiger charge is -2.50. The van der Waals surface area contributed by atoms with Crippen LogP contribution in [0, 0.1) is 17.7 Å². The van der Waals surface area contributed by atoms with Gasteiger partial charge in [0, 0.05) is 17.6 Å². The van der Waals surface area contributed by atoms with E-state index in [4.69, 9.17) is 5.73 Å². The number of allylic oxidation sites excluding steroid dienone is 1. The minimum atomic E-state index is -2.68. The average molecular weight is 432 g/mol. The van der Waals surface area contributed by atoms with E-state index >= 15 is 0 Å². The Morgan fingerprint density at radius 2 is 1.87 bits per heavy atom. The molecule has 3 aliphatic rings. The maximum atomic E-state index is 13.8. The van der Waals surface area contributed by atoms with E-state index in [1.54, 1.807) is 14.1 Å². The van der Waals surface area contributed by atoms with E-state index in [2.05, 4.69) is 0 Å². The smallest absolute Gasteiger partial charge is 0.255 e. The van der Waals surface area contributed by atoms with Crippen molar-refractivity contribution in [1.29, 1.82) is 0 Å². The van der Waals surface area contributed by atoms with Gasteiger partial charge in [0.25, 0.3) is 5.91 Å². The Morgan fingerprint density at radius 1 is 1.23 bits per heavy atom. The van der Waals surface area contributed by atoms with Gasteiger partial charge in [-0.1, -0.05) is 0 Å². The number of halogens is 1. The molecule has 4 atom stereocenters. The monoisotopic (exact) mass is 432 g/mol. The summed E-state index contributed by atoms with van der Waals surface area (Å²) in [5.41, 5.74) is 1.45. The van der Waals surface area contributed by atoms with E-state index in [1.807, 2.05) is 0 Å². The second-order valence-corrected chi connectivity index (χ2v) is 8.42. The van der Waals surface area contributed by atoms with Crippen LogP contribution in [0.3, 0.4) is 0 Å². The normalized spacial score (nSPS) is 30.3. The summed E-state index contributed by atoms with van der Waals surface area (Å²) >= 11 is 0. The van der Waals surface area contributed by atoms with Gasteiger partial charge in [0.05, 0.1) is 11.6 Å². The highest BCUT2D eigenvalue weighted by Gasteiger charge is 2.63. The van der Waals surface area contributed by atoms with Crippen LogP contribution in [0.1, 0.15) is 22.3 Å². The number of carbonyl (C=O) groups is 3. The van der Waals surface area contributed by atoms with E-state index in [-0.39, 0.29) is 29.5 Å². The molecule has 1 amide bonds. The molecule has 4 rings (SSSR count). The molecule has 31 heavy (non-hydrogen) atoms. The summed E-state index contributed by atoms with van der Waals surface area (Å²) < 4.78 is 13.8. The van der Waals surface area contributed by atoms with Crippen molar-refractivity contribution in [2.45, 2.75) is 24.5 Å². The summed E-state index contributed by atoms with van der Waals surface area (Å²) in [6.45, 7) is 0. The minimum Gasteiger partial charge on any atom is -0.510 e. The number of carbonyl (C=O) groups excluding carboxylic acids is 3. The number of fused-ring (bicyclic) bond motifs is 3. The quantitative estimate of drug-likeness (QED) is 0.416. The number of likely N-dealkylation sites (N-methyl/N-ethyl adjacent to an activating group) is 1. The van der Waals surface area contributed by atoms with Crippen LogP contribution < -0.4 is 5.73 Å². The fourth-order valence-electron chi connectivity index (χ4n) is 5.24. The van der Waals surface area contributed by atoms with E-state index in [9.17, 15) is 39.2 Å². The molecule has 0 saturated heterocycles. The first-order valence-corrected chi connectivity index (χ1v) is 9.57. The fourth-order valence-corrected chi connectivity index (χ4v) is 5.24. The van der Waals surface area contributed by atoms with Crippen LogP contribution in [0.25, 0.3) is 0 Å². The Morgan fingerprint density at radius 3 is 2.45 bits per heavy atom. The Kier molecular flexibility index (Phi) is 4.49. The zero-order chi connectivity index (χ0) is 23.0. The largest absolute Gasteiger partial charge is 0.510 e. The van der Waals surface area contributed by atoms with Crippen molar-refractivity contribution in [2.75, 3.05) is 14.1 Å². The van der Waals surface area contributed by atoms with Crippen LogP contribution >= 0.6 is 0 Å². The summed E-state index contributed by atoms with van der Waals surface area (Å²) in [6, 6.07) is 0.806. The molecule has 0 aliphatic heterocycles. The van der Waals surface area contributed by atoms with Gasteiger partial charge in [-0.2, -0.15) is 0 Å².